The average molecular weight is 238 g/mol. The number of aromatic amines is 1. The van der Waals surface area contributed by atoms with Crippen LogP contribution in [0.1, 0.15) is 5.56 Å². The first-order chi connectivity index (χ1) is 6.29. The fraction of sp³-hybridized carbons (Fsp3) is 0.111. The van der Waals surface area contributed by atoms with E-state index in [1.165, 1.54) is 5.56 Å². The molecule has 4 heteroatoms. The summed E-state index contributed by atoms with van der Waals surface area (Å²) in [7, 11) is 0. The lowest BCUT2D eigenvalue weighted by atomic mass is 10.1. The van der Waals surface area contributed by atoms with Crippen LogP contribution >= 0.6 is 15.9 Å². The third-order valence-electron chi connectivity index (χ3n) is 1.94. The molecule has 2 aromatic rings. The third kappa shape index (κ3) is 1.49. The standard InChI is InChI=1S/C9H8BrN3/c1-6-7(4-11-5-8(6)10)9-2-3-12-13-9/h2-5H,1H3,(H,12,13). The van der Waals surface area contributed by atoms with Crippen LogP contribution in [0.5, 0.6) is 0 Å². The smallest absolute Gasteiger partial charge is 0.0668 e. The number of hydrogen-bond donors (Lipinski definition) is 1. The van der Waals surface area contributed by atoms with Gasteiger partial charge in [-0.15, -0.1) is 0 Å². The van der Waals surface area contributed by atoms with Crippen LogP contribution in [0.3, 0.4) is 0 Å². The SMILES string of the molecule is Cc1c(Br)cncc1-c1ccn[nH]1. The Hall–Kier alpha value is -1.16. The van der Waals surface area contributed by atoms with E-state index >= 15 is 0 Å². The largest absolute Gasteiger partial charge is 0.278 e. The second-order valence-corrected chi connectivity index (χ2v) is 3.62. The summed E-state index contributed by atoms with van der Waals surface area (Å²) < 4.78 is 1.01. The quantitative estimate of drug-likeness (QED) is 0.829. The molecule has 0 radical (unpaired) electrons. The van der Waals surface area contributed by atoms with Crippen molar-refractivity contribution >= 4 is 15.9 Å². The first kappa shape index (κ1) is 8.44. The molecule has 2 heterocycles. The van der Waals surface area contributed by atoms with Crippen LogP contribution in [0.4, 0.5) is 0 Å². The molecule has 0 fully saturated rings. The Labute approximate surface area is 84.3 Å². The van der Waals surface area contributed by atoms with E-state index in [9.17, 15) is 0 Å². The summed E-state index contributed by atoms with van der Waals surface area (Å²) in [6, 6.07) is 1.93. The van der Waals surface area contributed by atoms with Crippen molar-refractivity contribution in [3.8, 4) is 11.3 Å². The maximum atomic E-state index is 4.11. The summed E-state index contributed by atoms with van der Waals surface area (Å²) in [5.74, 6) is 0. The highest BCUT2D eigenvalue weighted by atomic mass is 79.9. The van der Waals surface area contributed by atoms with E-state index in [1.807, 2.05) is 19.2 Å². The molecule has 2 rings (SSSR count). The molecule has 3 nitrogen and oxygen atoms in total. The molecule has 0 spiro atoms. The zero-order chi connectivity index (χ0) is 9.26. The van der Waals surface area contributed by atoms with Crippen LogP contribution in [0.15, 0.2) is 29.1 Å². The molecule has 2 aromatic heterocycles. The van der Waals surface area contributed by atoms with E-state index in [2.05, 4.69) is 31.1 Å². The van der Waals surface area contributed by atoms with E-state index in [0.29, 0.717) is 0 Å². The fourth-order valence-electron chi connectivity index (χ4n) is 1.18. The zero-order valence-corrected chi connectivity index (χ0v) is 8.67. The minimum Gasteiger partial charge on any atom is -0.278 e. The first-order valence-corrected chi connectivity index (χ1v) is 4.68. The van der Waals surface area contributed by atoms with E-state index in [4.69, 9.17) is 0 Å². The lowest BCUT2D eigenvalue weighted by molar-refractivity contribution is 1.09. The number of hydrogen-bond acceptors (Lipinski definition) is 2. The zero-order valence-electron chi connectivity index (χ0n) is 7.08. The Kier molecular flexibility index (Phi) is 2.14. The van der Waals surface area contributed by atoms with E-state index < -0.39 is 0 Å². The van der Waals surface area contributed by atoms with Gasteiger partial charge in [-0.3, -0.25) is 10.1 Å². The second-order valence-electron chi connectivity index (χ2n) is 2.76. The summed E-state index contributed by atoms with van der Waals surface area (Å²) in [4.78, 5) is 4.11. The van der Waals surface area contributed by atoms with Gasteiger partial charge in [0.15, 0.2) is 0 Å². The van der Waals surface area contributed by atoms with Gasteiger partial charge in [0.2, 0.25) is 0 Å². The maximum Gasteiger partial charge on any atom is 0.0668 e. The molecule has 13 heavy (non-hydrogen) atoms. The van der Waals surface area contributed by atoms with Gasteiger partial charge in [-0.2, -0.15) is 5.10 Å². The molecular formula is C9H8BrN3. The highest BCUT2D eigenvalue weighted by Crippen LogP contribution is 2.25. The van der Waals surface area contributed by atoms with E-state index in [-0.39, 0.29) is 0 Å². The fourth-order valence-corrected chi connectivity index (χ4v) is 1.51. The Morgan fingerprint density at radius 2 is 2.23 bits per heavy atom. The molecule has 0 aliphatic heterocycles. The Morgan fingerprint density at radius 1 is 1.38 bits per heavy atom. The van der Waals surface area contributed by atoms with Crippen molar-refractivity contribution in [1.82, 2.24) is 15.2 Å². The van der Waals surface area contributed by atoms with Crippen LogP contribution in [0.2, 0.25) is 0 Å². The topological polar surface area (TPSA) is 41.6 Å². The van der Waals surface area contributed by atoms with Crippen LogP contribution in [-0.2, 0) is 0 Å². The molecule has 0 aliphatic carbocycles. The van der Waals surface area contributed by atoms with Crippen LogP contribution in [0.25, 0.3) is 11.3 Å². The summed E-state index contributed by atoms with van der Waals surface area (Å²) in [6.45, 7) is 2.04. The summed E-state index contributed by atoms with van der Waals surface area (Å²) in [6.07, 6.45) is 5.35. The van der Waals surface area contributed by atoms with Gasteiger partial charge in [-0.1, -0.05) is 0 Å². The molecule has 0 aliphatic rings. The number of aromatic nitrogens is 3. The minimum atomic E-state index is 0.992. The molecule has 66 valence electrons. The molecule has 0 saturated heterocycles. The van der Waals surface area contributed by atoms with Crippen LogP contribution < -0.4 is 0 Å². The molecule has 0 saturated carbocycles. The Morgan fingerprint density at radius 3 is 2.92 bits per heavy atom. The first-order valence-electron chi connectivity index (χ1n) is 3.89. The normalized spacial score (nSPS) is 10.3. The van der Waals surface area contributed by atoms with Crippen molar-refractivity contribution < 1.29 is 0 Å². The number of H-pyrrole nitrogens is 1. The summed E-state index contributed by atoms with van der Waals surface area (Å²) >= 11 is 3.43. The van der Waals surface area contributed by atoms with Gasteiger partial charge in [0.1, 0.15) is 0 Å². The number of nitrogens with one attached hydrogen (secondary N) is 1. The second kappa shape index (κ2) is 3.30. The monoisotopic (exact) mass is 237 g/mol. The molecule has 0 unspecified atom stereocenters. The van der Waals surface area contributed by atoms with Gasteiger partial charge in [-0.05, 0) is 34.5 Å². The average Bonchev–Trinajstić information content (AvgIpc) is 2.62. The van der Waals surface area contributed by atoms with E-state index in [1.54, 1.807) is 12.4 Å². The van der Waals surface area contributed by atoms with Gasteiger partial charge in [0.25, 0.3) is 0 Å². The Balaban J connectivity index is 2.59. The number of rotatable bonds is 1. The van der Waals surface area contributed by atoms with Crippen molar-refractivity contribution in [2.24, 2.45) is 0 Å². The van der Waals surface area contributed by atoms with Gasteiger partial charge < -0.3 is 0 Å². The highest BCUT2D eigenvalue weighted by Gasteiger charge is 2.05. The van der Waals surface area contributed by atoms with Crippen LogP contribution in [-0.4, -0.2) is 15.2 Å². The maximum absolute atomic E-state index is 4.11. The van der Waals surface area contributed by atoms with Crippen molar-refractivity contribution in [3.63, 3.8) is 0 Å². The Bertz CT molecular complexity index is 409. The summed E-state index contributed by atoms with van der Waals surface area (Å²) in [5.41, 5.74) is 3.23. The molecular weight excluding hydrogens is 230 g/mol. The summed E-state index contributed by atoms with van der Waals surface area (Å²) in [5, 5.41) is 6.81. The predicted octanol–water partition coefficient (Wildman–Crippen LogP) is 2.54. The molecule has 0 aromatic carbocycles. The molecule has 0 amide bonds. The molecule has 1 N–H and O–H groups in total. The lowest BCUT2D eigenvalue weighted by Gasteiger charge is -2.03. The van der Waals surface area contributed by atoms with Crippen molar-refractivity contribution in [3.05, 3.63) is 34.7 Å². The number of halogens is 1. The lowest BCUT2D eigenvalue weighted by Crippen LogP contribution is -1.86. The number of pyridine rings is 1. The van der Waals surface area contributed by atoms with Gasteiger partial charge >= 0.3 is 0 Å². The van der Waals surface area contributed by atoms with Gasteiger partial charge in [-0.25, -0.2) is 0 Å². The molecule has 0 atom stereocenters. The van der Waals surface area contributed by atoms with Crippen molar-refractivity contribution in [2.75, 3.05) is 0 Å². The van der Waals surface area contributed by atoms with Crippen molar-refractivity contribution in [2.45, 2.75) is 6.92 Å². The minimum absolute atomic E-state index is 0.992. The number of nitrogens with zero attached hydrogens (tertiary/aromatic N) is 2. The van der Waals surface area contributed by atoms with E-state index in [0.717, 1.165) is 15.7 Å². The highest BCUT2D eigenvalue weighted by molar-refractivity contribution is 9.10. The van der Waals surface area contributed by atoms with Gasteiger partial charge in [0, 0.05) is 28.6 Å². The van der Waals surface area contributed by atoms with Gasteiger partial charge in [0.05, 0.1) is 5.69 Å². The molecule has 0 bridgehead atoms. The van der Waals surface area contributed by atoms with Crippen LogP contribution in [0, 0.1) is 6.92 Å². The predicted molar refractivity (Wildman–Crippen MR) is 54.3 cm³/mol. The third-order valence-corrected chi connectivity index (χ3v) is 2.74. The van der Waals surface area contributed by atoms with Crippen molar-refractivity contribution in [1.29, 1.82) is 0 Å².